The lowest BCUT2D eigenvalue weighted by molar-refractivity contribution is -0.151. The van der Waals surface area contributed by atoms with Crippen molar-refractivity contribution in [2.75, 3.05) is 26.4 Å². The van der Waals surface area contributed by atoms with E-state index in [4.69, 9.17) is 33.2 Å². The van der Waals surface area contributed by atoms with Crippen molar-refractivity contribution >= 4 is 17.9 Å². The van der Waals surface area contributed by atoms with Gasteiger partial charge in [0, 0.05) is 16.7 Å². The Bertz CT molecular complexity index is 839. The van der Waals surface area contributed by atoms with Gasteiger partial charge in [-0.15, -0.1) is 0 Å². The molecule has 0 bridgehead atoms. The lowest BCUT2D eigenvalue weighted by Crippen LogP contribution is -2.36. The first-order valence-electron chi connectivity index (χ1n) is 11.2. The fourth-order valence-corrected chi connectivity index (χ4v) is 3.89. The third-order valence-corrected chi connectivity index (χ3v) is 5.77. The van der Waals surface area contributed by atoms with Crippen LogP contribution in [0.1, 0.15) is 20.8 Å². The van der Waals surface area contributed by atoms with Crippen LogP contribution in [-0.2, 0) is 47.5 Å². The summed E-state index contributed by atoms with van der Waals surface area (Å²) >= 11 is 0. The molecule has 0 amide bonds. The molecule has 8 unspecified atom stereocenters. The van der Waals surface area contributed by atoms with Gasteiger partial charge in [-0.05, 0) is 20.8 Å². The molecule has 0 aromatic carbocycles. The predicted molar refractivity (Wildman–Crippen MR) is 119 cm³/mol. The van der Waals surface area contributed by atoms with E-state index in [2.05, 4.69) is 19.7 Å². The van der Waals surface area contributed by atoms with E-state index < -0.39 is 54.5 Å². The third-order valence-electron chi connectivity index (χ3n) is 5.77. The maximum Gasteiger partial charge on any atom is 0.333 e. The van der Waals surface area contributed by atoms with Gasteiger partial charge in [0.05, 0.1) is 26.4 Å². The first-order chi connectivity index (χ1) is 16.5. The average molecular weight is 497 g/mol. The largest absolute Gasteiger partial charge is 0.454 e. The Labute approximate surface area is 203 Å². The molecule has 4 saturated heterocycles. The van der Waals surface area contributed by atoms with Crippen molar-refractivity contribution < 1.29 is 52.6 Å². The molecule has 4 heterocycles. The van der Waals surface area contributed by atoms with Gasteiger partial charge < -0.3 is 38.3 Å². The highest BCUT2D eigenvalue weighted by molar-refractivity contribution is 5.88. The first kappa shape index (κ1) is 27.0. The van der Waals surface area contributed by atoms with Crippen LogP contribution in [0.4, 0.5) is 0 Å². The summed E-state index contributed by atoms with van der Waals surface area (Å²) in [5.74, 6) is -1.41. The number of carbonyl (C=O) groups is 3. The molecular weight excluding hydrogens is 464 g/mol. The summed E-state index contributed by atoms with van der Waals surface area (Å²) in [5.41, 5.74) is 0.977. The summed E-state index contributed by atoms with van der Waals surface area (Å²) in [7, 11) is 0. The Kier molecular flexibility index (Phi) is 8.84. The number of rotatable bonds is 6. The van der Waals surface area contributed by atoms with Crippen LogP contribution in [0.5, 0.6) is 0 Å². The summed E-state index contributed by atoms with van der Waals surface area (Å²) in [6, 6.07) is 0. The number of hydrogen-bond acceptors (Lipinski definition) is 11. The van der Waals surface area contributed by atoms with Gasteiger partial charge >= 0.3 is 17.9 Å². The molecule has 0 aromatic heterocycles. The zero-order chi connectivity index (χ0) is 25.9. The van der Waals surface area contributed by atoms with Crippen molar-refractivity contribution in [3.8, 4) is 0 Å². The smallest absolute Gasteiger partial charge is 0.333 e. The van der Waals surface area contributed by atoms with Gasteiger partial charge in [-0.1, -0.05) is 19.7 Å². The minimum Gasteiger partial charge on any atom is -0.454 e. The van der Waals surface area contributed by atoms with Crippen LogP contribution >= 0.6 is 0 Å². The van der Waals surface area contributed by atoms with Crippen LogP contribution in [0.25, 0.3) is 0 Å². The lowest BCUT2D eigenvalue weighted by atomic mass is 10.1. The van der Waals surface area contributed by atoms with E-state index in [-0.39, 0.29) is 38.6 Å². The van der Waals surface area contributed by atoms with E-state index in [1.807, 2.05) is 0 Å². The van der Waals surface area contributed by atoms with Crippen molar-refractivity contribution in [2.45, 2.75) is 69.6 Å². The molecule has 0 radical (unpaired) electrons. The molecule has 0 spiro atoms. The van der Waals surface area contributed by atoms with E-state index in [9.17, 15) is 19.5 Å². The molecule has 194 valence electrons. The van der Waals surface area contributed by atoms with E-state index >= 15 is 0 Å². The summed E-state index contributed by atoms with van der Waals surface area (Å²) < 4.78 is 37.3. The second-order valence-corrected chi connectivity index (χ2v) is 8.93. The Balaban J connectivity index is 0.000000203. The number of carbonyl (C=O) groups excluding carboxylic acids is 3. The van der Waals surface area contributed by atoms with Crippen molar-refractivity contribution in [1.82, 2.24) is 0 Å². The second-order valence-electron chi connectivity index (χ2n) is 8.93. The SMILES string of the molecule is C=C(C)C(=O)OC1COC2C(O)COC12.C=C(C)C(=O)OC1COC2C(OC(=O)C(=C)C)COC12. The number of fused-ring (bicyclic) bond motifs is 2. The van der Waals surface area contributed by atoms with Crippen LogP contribution < -0.4 is 0 Å². The van der Waals surface area contributed by atoms with E-state index in [1.165, 1.54) is 0 Å². The maximum absolute atomic E-state index is 11.5. The van der Waals surface area contributed by atoms with Crippen LogP contribution in [0, 0.1) is 0 Å². The highest BCUT2D eigenvalue weighted by atomic mass is 16.7. The van der Waals surface area contributed by atoms with Gasteiger partial charge in [0.2, 0.25) is 0 Å². The molecule has 11 nitrogen and oxygen atoms in total. The first-order valence-corrected chi connectivity index (χ1v) is 11.2. The van der Waals surface area contributed by atoms with Gasteiger partial charge in [0.15, 0.2) is 18.3 Å². The minimum atomic E-state index is -0.622. The zero-order valence-corrected chi connectivity index (χ0v) is 20.1. The predicted octanol–water partition coefficient (Wildman–Crippen LogP) is 0.393. The van der Waals surface area contributed by atoms with Crippen LogP contribution in [0.2, 0.25) is 0 Å². The molecule has 0 aliphatic carbocycles. The van der Waals surface area contributed by atoms with Crippen LogP contribution in [-0.4, -0.2) is 98.3 Å². The number of aliphatic hydroxyl groups excluding tert-OH is 1. The molecule has 8 atom stereocenters. The van der Waals surface area contributed by atoms with Gasteiger partial charge in [-0.25, -0.2) is 14.4 Å². The molecule has 4 aliphatic heterocycles. The third kappa shape index (κ3) is 6.36. The number of hydrogen-bond donors (Lipinski definition) is 1. The Morgan fingerprint density at radius 2 is 0.886 bits per heavy atom. The molecule has 1 N–H and O–H groups in total. The Morgan fingerprint density at radius 3 is 1.23 bits per heavy atom. The monoisotopic (exact) mass is 496 g/mol. The second kappa shape index (κ2) is 11.4. The summed E-state index contributed by atoms with van der Waals surface area (Å²) in [6.45, 7) is 16.2. The number of ether oxygens (including phenoxy) is 7. The van der Waals surface area contributed by atoms with Crippen LogP contribution in [0.15, 0.2) is 36.5 Å². The standard InChI is InChI=1S/C14H18O6.C10H14O5/c1-7(2)13(15)19-9-5-17-12-10(6-18-11(9)12)20-14(16)8(3)4;1-5(2)10(12)15-7-4-14-8-6(11)3-13-9(7)8/h9-12H,1,3,5-6H2,2,4H3;6-9,11H,1,3-4H2,2H3. The van der Waals surface area contributed by atoms with Crippen molar-refractivity contribution in [1.29, 1.82) is 0 Å². The van der Waals surface area contributed by atoms with E-state index in [0.29, 0.717) is 16.7 Å². The number of aliphatic hydroxyl groups is 1. The topological polar surface area (TPSA) is 136 Å². The molecule has 0 aromatic rings. The highest BCUT2D eigenvalue weighted by Gasteiger charge is 2.51. The van der Waals surface area contributed by atoms with Crippen molar-refractivity contribution in [3.63, 3.8) is 0 Å². The van der Waals surface area contributed by atoms with Gasteiger partial charge in [0.25, 0.3) is 0 Å². The lowest BCUT2D eigenvalue weighted by Gasteiger charge is -2.17. The van der Waals surface area contributed by atoms with Crippen molar-refractivity contribution in [2.24, 2.45) is 0 Å². The summed E-state index contributed by atoms with van der Waals surface area (Å²) in [6.07, 6.45) is -3.60. The Morgan fingerprint density at radius 1 is 0.600 bits per heavy atom. The molecule has 11 heteroatoms. The van der Waals surface area contributed by atoms with Gasteiger partial charge in [-0.3, -0.25) is 0 Å². The molecular formula is C24H32O11. The van der Waals surface area contributed by atoms with Gasteiger partial charge in [-0.2, -0.15) is 0 Å². The maximum atomic E-state index is 11.5. The van der Waals surface area contributed by atoms with E-state index in [0.717, 1.165) is 0 Å². The molecule has 4 fully saturated rings. The summed E-state index contributed by atoms with van der Waals surface area (Å²) in [4.78, 5) is 34.3. The minimum absolute atomic E-state index is 0.218. The fraction of sp³-hybridized carbons (Fsp3) is 0.625. The highest BCUT2D eigenvalue weighted by Crippen LogP contribution is 2.31. The molecule has 35 heavy (non-hydrogen) atoms. The Hall–Kier alpha value is -2.57. The van der Waals surface area contributed by atoms with Crippen LogP contribution in [0.3, 0.4) is 0 Å². The molecule has 4 rings (SSSR count). The summed E-state index contributed by atoms with van der Waals surface area (Å²) in [5, 5.41) is 9.45. The van der Waals surface area contributed by atoms with Crippen molar-refractivity contribution in [3.05, 3.63) is 36.5 Å². The average Bonchev–Trinajstić information content (AvgIpc) is 3.55. The number of esters is 3. The normalized spacial score (nSPS) is 34.6. The fourth-order valence-electron chi connectivity index (χ4n) is 3.89. The quantitative estimate of drug-likeness (QED) is 0.311. The molecule has 4 aliphatic rings. The van der Waals surface area contributed by atoms with E-state index in [1.54, 1.807) is 20.8 Å². The molecule has 0 saturated carbocycles. The zero-order valence-electron chi connectivity index (χ0n) is 20.1. The van der Waals surface area contributed by atoms with Gasteiger partial charge in [0.1, 0.15) is 30.5 Å².